The summed E-state index contributed by atoms with van der Waals surface area (Å²) in [4.78, 5) is 2.40. The van der Waals surface area contributed by atoms with Gasteiger partial charge in [-0.15, -0.1) is 0 Å². The van der Waals surface area contributed by atoms with Crippen molar-refractivity contribution in [3.63, 3.8) is 0 Å². The van der Waals surface area contributed by atoms with Gasteiger partial charge in [0.15, 0.2) is 0 Å². The second-order valence-electron chi connectivity index (χ2n) is 5.51. The molecular weight excluding hydrogens is 308 g/mol. The number of rotatable bonds is 9. The van der Waals surface area contributed by atoms with Gasteiger partial charge >= 0.3 is 0 Å². The zero-order valence-corrected chi connectivity index (χ0v) is 14.2. The summed E-state index contributed by atoms with van der Waals surface area (Å²) in [6.45, 7) is 4.42. The van der Waals surface area contributed by atoms with Crippen LogP contribution in [0.15, 0.2) is 58.3 Å². The summed E-state index contributed by atoms with van der Waals surface area (Å²) in [5, 5.41) is 0. The van der Waals surface area contributed by atoms with Gasteiger partial charge in [0, 0.05) is 9.79 Å². The summed E-state index contributed by atoms with van der Waals surface area (Å²) in [5.41, 5.74) is 0. The molecule has 1 atom stereocenters. The molecular formula is C19H22O3S. The summed E-state index contributed by atoms with van der Waals surface area (Å²) >= 11 is 1.73. The van der Waals surface area contributed by atoms with E-state index < -0.39 is 0 Å². The van der Waals surface area contributed by atoms with E-state index in [9.17, 15) is 0 Å². The fraction of sp³-hybridized carbons (Fsp3) is 0.368. The molecule has 0 saturated carbocycles. The van der Waals surface area contributed by atoms with Crippen molar-refractivity contribution < 1.29 is 14.2 Å². The van der Waals surface area contributed by atoms with Gasteiger partial charge in [0.1, 0.15) is 24.2 Å². The van der Waals surface area contributed by atoms with Gasteiger partial charge in [-0.2, -0.15) is 0 Å². The van der Waals surface area contributed by atoms with E-state index in [1.54, 1.807) is 11.8 Å². The lowest BCUT2D eigenvalue weighted by atomic mass is 10.3. The molecule has 1 saturated heterocycles. The maximum absolute atomic E-state index is 5.68. The van der Waals surface area contributed by atoms with Crippen molar-refractivity contribution in [3.8, 4) is 11.5 Å². The summed E-state index contributed by atoms with van der Waals surface area (Å²) in [6, 6.07) is 16.4. The summed E-state index contributed by atoms with van der Waals surface area (Å²) in [7, 11) is 0. The number of benzene rings is 2. The first kappa shape index (κ1) is 16.2. The van der Waals surface area contributed by atoms with Crippen LogP contribution in [-0.2, 0) is 4.74 Å². The Balaban J connectivity index is 1.49. The molecule has 3 nitrogen and oxygen atoms in total. The molecule has 0 radical (unpaired) electrons. The van der Waals surface area contributed by atoms with Gasteiger partial charge in [0.2, 0.25) is 0 Å². The molecule has 122 valence electrons. The first-order valence-electron chi connectivity index (χ1n) is 8.08. The molecule has 1 unspecified atom stereocenters. The Kier molecular flexibility index (Phi) is 5.83. The molecule has 1 aliphatic heterocycles. The van der Waals surface area contributed by atoms with E-state index in [1.807, 2.05) is 24.3 Å². The minimum absolute atomic E-state index is 0.294. The van der Waals surface area contributed by atoms with Crippen LogP contribution in [0.25, 0.3) is 0 Å². The summed E-state index contributed by atoms with van der Waals surface area (Å²) in [5.74, 6) is 1.83. The van der Waals surface area contributed by atoms with Gasteiger partial charge in [-0.3, -0.25) is 0 Å². The standard InChI is InChI=1S/C19H22O3S/c1-2-3-12-20-15-4-8-18(9-5-15)23-19-10-6-16(7-11-19)21-13-17-14-22-17/h4-11,17H,2-3,12-14H2,1H3. The van der Waals surface area contributed by atoms with Crippen molar-refractivity contribution in [1.29, 1.82) is 0 Å². The van der Waals surface area contributed by atoms with Gasteiger partial charge < -0.3 is 14.2 Å². The lowest BCUT2D eigenvalue weighted by molar-refractivity contribution is 0.263. The molecule has 1 heterocycles. The average Bonchev–Trinajstić information content (AvgIpc) is 3.40. The summed E-state index contributed by atoms with van der Waals surface area (Å²) < 4.78 is 16.5. The molecule has 2 aromatic rings. The van der Waals surface area contributed by atoms with E-state index in [4.69, 9.17) is 14.2 Å². The molecule has 0 aliphatic carbocycles. The average molecular weight is 330 g/mol. The van der Waals surface area contributed by atoms with Gasteiger partial charge in [-0.1, -0.05) is 25.1 Å². The number of ether oxygens (including phenoxy) is 3. The van der Waals surface area contributed by atoms with E-state index in [0.717, 1.165) is 37.6 Å². The molecule has 4 heteroatoms. The molecule has 0 spiro atoms. The van der Waals surface area contributed by atoms with E-state index >= 15 is 0 Å². The molecule has 1 fully saturated rings. The number of unbranched alkanes of at least 4 members (excludes halogenated alkanes) is 1. The third-order valence-electron chi connectivity index (χ3n) is 3.49. The maximum atomic E-state index is 5.68. The van der Waals surface area contributed by atoms with E-state index in [2.05, 4.69) is 31.2 Å². The largest absolute Gasteiger partial charge is 0.494 e. The molecule has 0 bridgehead atoms. The monoisotopic (exact) mass is 330 g/mol. The first-order chi connectivity index (χ1) is 11.3. The van der Waals surface area contributed by atoms with E-state index in [-0.39, 0.29) is 0 Å². The van der Waals surface area contributed by atoms with Crippen molar-refractivity contribution in [2.24, 2.45) is 0 Å². The lowest BCUT2D eigenvalue weighted by Crippen LogP contribution is -2.03. The van der Waals surface area contributed by atoms with Crippen molar-refractivity contribution in [1.82, 2.24) is 0 Å². The second kappa shape index (κ2) is 8.27. The van der Waals surface area contributed by atoms with Crippen LogP contribution in [-0.4, -0.2) is 25.9 Å². The molecule has 23 heavy (non-hydrogen) atoms. The zero-order chi connectivity index (χ0) is 15.9. The molecule has 0 N–H and O–H groups in total. The number of hydrogen-bond donors (Lipinski definition) is 0. The Morgan fingerprint density at radius 2 is 1.52 bits per heavy atom. The molecule has 1 aliphatic rings. The minimum Gasteiger partial charge on any atom is -0.494 e. The van der Waals surface area contributed by atoms with Gasteiger partial charge in [0.25, 0.3) is 0 Å². The Morgan fingerprint density at radius 3 is 2.04 bits per heavy atom. The Bertz CT molecular complexity index is 591. The van der Waals surface area contributed by atoms with Crippen LogP contribution in [0.2, 0.25) is 0 Å². The van der Waals surface area contributed by atoms with Crippen molar-refractivity contribution in [2.75, 3.05) is 19.8 Å². The topological polar surface area (TPSA) is 31.0 Å². The normalized spacial score (nSPS) is 16.1. The van der Waals surface area contributed by atoms with Gasteiger partial charge in [-0.25, -0.2) is 0 Å². The third kappa shape index (κ3) is 5.48. The Hall–Kier alpha value is -1.65. The van der Waals surface area contributed by atoms with Crippen LogP contribution in [0.5, 0.6) is 11.5 Å². The molecule has 3 rings (SSSR count). The highest BCUT2D eigenvalue weighted by Gasteiger charge is 2.22. The minimum atomic E-state index is 0.294. The highest BCUT2D eigenvalue weighted by atomic mass is 32.2. The van der Waals surface area contributed by atoms with Gasteiger partial charge in [-0.05, 0) is 55.0 Å². The lowest BCUT2D eigenvalue weighted by Gasteiger charge is -2.07. The quantitative estimate of drug-likeness (QED) is 0.488. The number of hydrogen-bond acceptors (Lipinski definition) is 4. The highest BCUT2D eigenvalue weighted by Crippen LogP contribution is 2.30. The summed E-state index contributed by atoms with van der Waals surface area (Å²) in [6.07, 6.45) is 2.54. The smallest absolute Gasteiger partial charge is 0.119 e. The van der Waals surface area contributed by atoms with Crippen LogP contribution in [0.3, 0.4) is 0 Å². The molecule has 0 aromatic heterocycles. The predicted octanol–water partition coefficient (Wildman–Crippen LogP) is 4.79. The molecule has 2 aromatic carbocycles. The second-order valence-corrected chi connectivity index (χ2v) is 6.66. The fourth-order valence-electron chi connectivity index (χ4n) is 2.03. The molecule has 0 amide bonds. The van der Waals surface area contributed by atoms with Gasteiger partial charge in [0.05, 0.1) is 13.2 Å². The van der Waals surface area contributed by atoms with E-state index in [0.29, 0.717) is 12.7 Å². The predicted molar refractivity (Wildman–Crippen MR) is 92.6 cm³/mol. The number of epoxide rings is 1. The fourth-order valence-corrected chi connectivity index (χ4v) is 2.85. The Morgan fingerprint density at radius 1 is 0.957 bits per heavy atom. The van der Waals surface area contributed by atoms with Crippen LogP contribution in [0.1, 0.15) is 19.8 Å². The SMILES string of the molecule is CCCCOc1ccc(Sc2ccc(OCC3CO3)cc2)cc1. The van der Waals surface area contributed by atoms with Crippen molar-refractivity contribution in [3.05, 3.63) is 48.5 Å². The van der Waals surface area contributed by atoms with Crippen LogP contribution < -0.4 is 9.47 Å². The Labute approximate surface area is 142 Å². The van der Waals surface area contributed by atoms with Crippen LogP contribution in [0.4, 0.5) is 0 Å². The first-order valence-corrected chi connectivity index (χ1v) is 8.90. The van der Waals surface area contributed by atoms with E-state index in [1.165, 1.54) is 9.79 Å². The third-order valence-corrected chi connectivity index (χ3v) is 4.50. The maximum Gasteiger partial charge on any atom is 0.119 e. The highest BCUT2D eigenvalue weighted by molar-refractivity contribution is 7.99. The van der Waals surface area contributed by atoms with Crippen molar-refractivity contribution in [2.45, 2.75) is 35.7 Å². The van der Waals surface area contributed by atoms with Crippen LogP contribution >= 0.6 is 11.8 Å². The van der Waals surface area contributed by atoms with Crippen LogP contribution in [0, 0.1) is 0 Å². The van der Waals surface area contributed by atoms with Crippen molar-refractivity contribution >= 4 is 11.8 Å². The zero-order valence-electron chi connectivity index (χ0n) is 13.4.